The molecule has 0 radical (unpaired) electrons. The van der Waals surface area contributed by atoms with Crippen LogP contribution in [0.25, 0.3) is 0 Å². The lowest BCUT2D eigenvalue weighted by molar-refractivity contribution is 0.468. The first-order valence-corrected chi connectivity index (χ1v) is 6.91. The molecule has 1 unspecified atom stereocenters. The van der Waals surface area contributed by atoms with Gasteiger partial charge in [-0.3, -0.25) is 0 Å². The van der Waals surface area contributed by atoms with Gasteiger partial charge < -0.3 is 5.32 Å². The molecule has 2 heteroatoms. The van der Waals surface area contributed by atoms with Crippen molar-refractivity contribution in [1.82, 2.24) is 5.32 Å². The number of aryl methyl sites for hydroxylation is 2. The van der Waals surface area contributed by atoms with Crippen molar-refractivity contribution < 1.29 is 0 Å². The van der Waals surface area contributed by atoms with E-state index in [2.05, 4.69) is 37.5 Å². The zero-order valence-corrected chi connectivity index (χ0v) is 11.0. The minimum Gasteiger partial charge on any atom is -0.314 e. The smallest absolute Gasteiger partial charge is 0.00676 e. The quantitative estimate of drug-likeness (QED) is 0.745. The molecule has 1 atom stereocenters. The third-order valence-electron chi connectivity index (χ3n) is 2.74. The molecule has 0 fully saturated rings. The van der Waals surface area contributed by atoms with Crippen molar-refractivity contribution in [2.75, 3.05) is 6.54 Å². The second-order valence-corrected chi connectivity index (χ2v) is 5.28. The van der Waals surface area contributed by atoms with E-state index in [1.54, 1.807) is 0 Å². The van der Waals surface area contributed by atoms with Crippen LogP contribution in [0, 0.1) is 6.92 Å². The summed E-state index contributed by atoms with van der Waals surface area (Å²) in [5.41, 5.74) is 1.51. The zero-order chi connectivity index (χ0) is 11.1. The molecule has 15 heavy (non-hydrogen) atoms. The van der Waals surface area contributed by atoms with Crippen molar-refractivity contribution in [3.63, 3.8) is 0 Å². The summed E-state index contributed by atoms with van der Waals surface area (Å²) in [4.78, 5) is 1.43. The maximum atomic E-state index is 3.60. The lowest BCUT2D eigenvalue weighted by Crippen LogP contribution is -2.29. The van der Waals surface area contributed by atoms with E-state index in [1.165, 1.54) is 36.1 Å². The first-order valence-electron chi connectivity index (χ1n) is 6.03. The predicted molar refractivity (Wildman–Crippen MR) is 69.7 cm³/mol. The molecule has 1 aromatic rings. The lowest BCUT2D eigenvalue weighted by atomic mass is 10.1. The fourth-order valence-electron chi connectivity index (χ4n) is 1.77. The average Bonchev–Trinajstić information content (AvgIpc) is 2.65. The van der Waals surface area contributed by atoms with E-state index in [0.717, 1.165) is 6.54 Å². The molecule has 0 saturated heterocycles. The minimum absolute atomic E-state index is 0.699. The lowest BCUT2D eigenvalue weighted by Gasteiger charge is -2.15. The fraction of sp³-hybridized carbons (Fsp3) is 0.692. The summed E-state index contributed by atoms with van der Waals surface area (Å²) in [7, 11) is 0. The van der Waals surface area contributed by atoms with Crippen LogP contribution in [0.5, 0.6) is 0 Å². The largest absolute Gasteiger partial charge is 0.314 e. The zero-order valence-electron chi connectivity index (χ0n) is 10.2. The highest BCUT2D eigenvalue weighted by molar-refractivity contribution is 7.10. The topological polar surface area (TPSA) is 12.0 Å². The molecule has 0 aliphatic rings. The molecule has 0 aromatic carbocycles. The minimum atomic E-state index is 0.699. The molecule has 0 saturated carbocycles. The molecule has 0 bridgehead atoms. The highest BCUT2D eigenvalue weighted by Gasteiger charge is 2.05. The van der Waals surface area contributed by atoms with Gasteiger partial charge in [0.25, 0.3) is 0 Å². The molecule has 0 aliphatic carbocycles. The van der Waals surface area contributed by atoms with Gasteiger partial charge >= 0.3 is 0 Å². The maximum absolute atomic E-state index is 3.60. The van der Waals surface area contributed by atoms with Gasteiger partial charge in [0, 0.05) is 10.9 Å². The molecule has 86 valence electrons. The normalized spacial score (nSPS) is 13.0. The van der Waals surface area contributed by atoms with E-state index in [1.807, 2.05) is 11.3 Å². The number of nitrogens with one attached hydrogen (secondary N) is 1. The second kappa shape index (κ2) is 7.02. The van der Waals surface area contributed by atoms with Gasteiger partial charge in [0.05, 0.1) is 0 Å². The van der Waals surface area contributed by atoms with Crippen molar-refractivity contribution in [2.24, 2.45) is 0 Å². The molecule has 0 amide bonds. The number of thiophene rings is 1. The Morgan fingerprint density at radius 3 is 2.73 bits per heavy atom. The highest BCUT2D eigenvalue weighted by Crippen LogP contribution is 2.15. The van der Waals surface area contributed by atoms with Crippen LogP contribution in [0.4, 0.5) is 0 Å². The Balaban J connectivity index is 2.27. The molecule has 1 aromatic heterocycles. The summed E-state index contributed by atoms with van der Waals surface area (Å²) in [5.74, 6) is 0. The molecule has 1 heterocycles. The Kier molecular flexibility index (Phi) is 5.96. The molecule has 0 aliphatic heterocycles. The third-order valence-corrected chi connectivity index (χ3v) is 3.65. The van der Waals surface area contributed by atoms with Gasteiger partial charge in [0.1, 0.15) is 0 Å². The van der Waals surface area contributed by atoms with Crippen LogP contribution in [-0.4, -0.2) is 12.6 Å². The van der Waals surface area contributed by atoms with Crippen molar-refractivity contribution in [1.29, 1.82) is 0 Å². The summed E-state index contributed by atoms with van der Waals surface area (Å²) < 4.78 is 0. The number of rotatable bonds is 7. The van der Waals surface area contributed by atoms with E-state index in [9.17, 15) is 0 Å². The molecule has 1 N–H and O–H groups in total. The molecule has 0 spiro atoms. The Labute approximate surface area is 97.9 Å². The van der Waals surface area contributed by atoms with E-state index >= 15 is 0 Å². The average molecular weight is 225 g/mol. The Morgan fingerprint density at radius 2 is 2.20 bits per heavy atom. The van der Waals surface area contributed by atoms with Crippen molar-refractivity contribution in [3.05, 3.63) is 21.9 Å². The SMILES string of the molecule is CCCNC(CC)CCc1csc(C)c1. The van der Waals surface area contributed by atoms with Gasteiger partial charge in [-0.2, -0.15) is 0 Å². The second-order valence-electron chi connectivity index (χ2n) is 4.16. The van der Waals surface area contributed by atoms with Crippen LogP contribution in [-0.2, 0) is 6.42 Å². The van der Waals surface area contributed by atoms with E-state index < -0.39 is 0 Å². The fourth-order valence-corrected chi connectivity index (χ4v) is 2.51. The maximum Gasteiger partial charge on any atom is 0.00676 e. The molecule has 1 nitrogen and oxygen atoms in total. The number of hydrogen-bond donors (Lipinski definition) is 1. The molecular weight excluding hydrogens is 202 g/mol. The Hall–Kier alpha value is -0.340. The number of hydrogen-bond acceptors (Lipinski definition) is 2. The van der Waals surface area contributed by atoms with Crippen molar-refractivity contribution in [3.8, 4) is 0 Å². The monoisotopic (exact) mass is 225 g/mol. The van der Waals surface area contributed by atoms with Gasteiger partial charge in [-0.15, -0.1) is 11.3 Å². The summed E-state index contributed by atoms with van der Waals surface area (Å²) in [6, 6.07) is 3.02. The van der Waals surface area contributed by atoms with Crippen LogP contribution in [0.1, 0.15) is 43.6 Å². The summed E-state index contributed by atoms with van der Waals surface area (Å²) in [6.45, 7) is 7.83. The van der Waals surface area contributed by atoms with E-state index in [0.29, 0.717) is 6.04 Å². The van der Waals surface area contributed by atoms with Crippen molar-refractivity contribution in [2.45, 2.75) is 52.5 Å². The molecular formula is C13H23NS. The van der Waals surface area contributed by atoms with Gasteiger partial charge in [0.2, 0.25) is 0 Å². The van der Waals surface area contributed by atoms with Gasteiger partial charge in [-0.25, -0.2) is 0 Å². The standard InChI is InChI=1S/C13H23NS/c1-4-8-14-13(5-2)7-6-12-9-11(3)15-10-12/h9-10,13-14H,4-8H2,1-3H3. The summed E-state index contributed by atoms with van der Waals surface area (Å²) >= 11 is 1.86. The Bertz CT molecular complexity index is 267. The highest BCUT2D eigenvalue weighted by atomic mass is 32.1. The first kappa shape index (κ1) is 12.7. The van der Waals surface area contributed by atoms with Crippen molar-refractivity contribution >= 4 is 11.3 Å². The molecule has 1 rings (SSSR count). The predicted octanol–water partition coefficient (Wildman–Crippen LogP) is 3.77. The van der Waals surface area contributed by atoms with Gasteiger partial charge in [-0.1, -0.05) is 13.8 Å². The van der Waals surface area contributed by atoms with E-state index in [-0.39, 0.29) is 0 Å². The van der Waals surface area contributed by atoms with Crippen LogP contribution >= 0.6 is 11.3 Å². The van der Waals surface area contributed by atoms with Gasteiger partial charge in [-0.05, 0) is 56.2 Å². The van der Waals surface area contributed by atoms with Crippen LogP contribution in [0.3, 0.4) is 0 Å². The summed E-state index contributed by atoms with van der Waals surface area (Å²) in [5, 5.41) is 5.89. The van der Waals surface area contributed by atoms with Gasteiger partial charge in [0.15, 0.2) is 0 Å². The summed E-state index contributed by atoms with van der Waals surface area (Å²) in [6.07, 6.45) is 4.96. The van der Waals surface area contributed by atoms with Crippen LogP contribution in [0.2, 0.25) is 0 Å². The first-order chi connectivity index (χ1) is 7.26. The Morgan fingerprint density at radius 1 is 1.40 bits per heavy atom. The van der Waals surface area contributed by atoms with E-state index in [4.69, 9.17) is 0 Å². The third kappa shape index (κ3) is 4.80. The van der Waals surface area contributed by atoms with Crippen LogP contribution in [0.15, 0.2) is 11.4 Å². The van der Waals surface area contributed by atoms with Crippen LogP contribution < -0.4 is 5.32 Å².